The fraction of sp³-hybridized carbons (Fsp3) is 0.0435. The van der Waals surface area contributed by atoms with Gasteiger partial charge in [-0.15, -0.1) is 0 Å². The van der Waals surface area contributed by atoms with Crippen molar-refractivity contribution in [3.05, 3.63) is 87.2 Å². The second-order valence-electron chi connectivity index (χ2n) is 6.97. The molecule has 0 fully saturated rings. The molecule has 0 aliphatic rings. The Morgan fingerprint density at radius 1 is 0.969 bits per heavy atom. The number of benzene rings is 3. The van der Waals surface area contributed by atoms with Crippen LogP contribution in [0.15, 0.2) is 71.3 Å². The van der Waals surface area contributed by atoms with E-state index in [1.807, 2.05) is 25.2 Å². The van der Waals surface area contributed by atoms with Crippen molar-refractivity contribution in [2.24, 2.45) is 7.05 Å². The summed E-state index contributed by atoms with van der Waals surface area (Å²) >= 11 is 15.6. The highest BCUT2D eigenvalue weighted by molar-refractivity contribution is 9.10. The number of rotatable bonds is 4. The van der Waals surface area contributed by atoms with E-state index in [0.717, 1.165) is 26.9 Å². The summed E-state index contributed by atoms with van der Waals surface area (Å²) < 4.78 is 16.0. The van der Waals surface area contributed by atoms with E-state index in [2.05, 4.69) is 31.7 Å². The van der Waals surface area contributed by atoms with Crippen LogP contribution in [0.1, 0.15) is 0 Å². The Morgan fingerprint density at radius 3 is 2.34 bits per heavy atom. The number of hydrogen-bond donors (Lipinski definition) is 2. The molecule has 2 amide bonds. The predicted molar refractivity (Wildman–Crippen MR) is 131 cm³/mol. The zero-order valence-electron chi connectivity index (χ0n) is 16.7. The average molecular weight is 534 g/mol. The summed E-state index contributed by atoms with van der Waals surface area (Å²) in [6.45, 7) is 0. The van der Waals surface area contributed by atoms with E-state index in [1.54, 1.807) is 41.2 Å². The van der Waals surface area contributed by atoms with Crippen LogP contribution in [0, 0.1) is 5.82 Å². The van der Waals surface area contributed by atoms with Crippen LogP contribution < -0.4 is 10.6 Å². The molecule has 0 bridgehead atoms. The molecule has 0 saturated carbocycles. The number of urea groups is 1. The number of halogens is 4. The number of hydrogen-bond acceptors (Lipinski definition) is 2. The van der Waals surface area contributed by atoms with Crippen LogP contribution >= 0.6 is 39.1 Å². The van der Waals surface area contributed by atoms with Gasteiger partial charge in [0.25, 0.3) is 0 Å². The number of carbonyl (C=O) groups excluding carboxylic acids is 1. The molecule has 0 atom stereocenters. The molecule has 0 unspecified atom stereocenters. The monoisotopic (exact) mass is 532 g/mol. The lowest BCUT2D eigenvalue weighted by Gasteiger charge is -2.13. The number of amides is 2. The lowest BCUT2D eigenvalue weighted by atomic mass is 10.0. The van der Waals surface area contributed by atoms with Crippen molar-refractivity contribution in [2.75, 3.05) is 10.6 Å². The molecule has 0 aliphatic carbocycles. The van der Waals surface area contributed by atoms with E-state index in [9.17, 15) is 9.18 Å². The van der Waals surface area contributed by atoms with E-state index >= 15 is 0 Å². The highest BCUT2D eigenvalue weighted by Crippen LogP contribution is 2.34. The van der Waals surface area contributed by atoms with Gasteiger partial charge in [0.1, 0.15) is 5.82 Å². The van der Waals surface area contributed by atoms with Gasteiger partial charge in [0.05, 0.1) is 27.1 Å². The number of aryl methyl sites for hydroxylation is 1. The van der Waals surface area contributed by atoms with Gasteiger partial charge in [0.15, 0.2) is 0 Å². The van der Waals surface area contributed by atoms with Crippen LogP contribution in [-0.4, -0.2) is 15.8 Å². The largest absolute Gasteiger partial charge is 0.323 e. The van der Waals surface area contributed by atoms with E-state index in [1.165, 1.54) is 12.1 Å². The van der Waals surface area contributed by atoms with Gasteiger partial charge in [-0.1, -0.05) is 35.3 Å². The standard InChI is InChI=1S/C23H16BrCl2FN4O/c1-31-22(19(24)12-28-31)15-8-14(13-2-5-17(27)6-3-13)9-18(10-15)29-23(32)30-21-7-4-16(25)11-20(21)26/h2-12H,1H3,(H2,29,30,32). The molecule has 0 saturated heterocycles. The van der Waals surface area contributed by atoms with Crippen LogP contribution in [0.5, 0.6) is 0 Å². The quantitative estimate of drug-likeness (QED) is 0.283. The molecule has 9 heteroatoms. The van der Waals surface area contributed by atoms with Gasteiger partial charge in [-0.05, 0) is 75.6 Å². The second kappa shape index (κ2) is 9.32. The Labute approximate surface area is 202 Å². The van der Waals surface area contributed by atoms with Crippen molar-refractivity contribution < 1.29 is 9.18 Å². The van der Waals surface area contributed by atoms with Gasteiger partial charge < -0.3 is 10.6 Å². The number of aromatic nitrogens is 2. The highest BCUT2D eigenvalue weighted by atomic mass is 79.9. The first-order chi connectivity index (χ1) is 15.3. The second-order valence-corrected chi connectivity index (χ2v) is 8.67. The van der Waals surface area contributed by atoms with E-state index in [0.29, 0.717) is 21.4 Å². The molecule has 32 heavy (non-hydrogen) atoms. The van der Waals surface area contributed by atoms with Gasteiger partial charge in [0, 0.05) is 23.3 Å². The summed E-state index contributed by atoms with van der Waals surface area (Å²) in [7, 11) is 1.83. The molecule has 0 aliphatic heterocycles. The Bertz CT molecular complexity index is 1290. The first kappa shape index (κ1) is 22.3. The first-order valence-electron chi connectivity index (χ1n) is 9.42. The molecule has 3 aromatic carbocycles. The van der Waals surface area contributed by atoms with Gasteiger partial charge in [-0.25, -0.2) is 9.18 Å². The lowest BCUT2D eigenvalue weighted by molar-refractivity contribution is 0.262. The summed E-state index contributed by atoms with van der Waals surface area (Å²) in [5, 5.41) is 10.6. The molecular weight excluding hydrogens is 518 g/mol. The summed E-state index contributed by atoms with van der Waals surface area (Å²) in [5.74, 6) is -0.322. The maximum absolute atomic E-state index is 13.4. The molecular formula is C23H16BrCl2FN4O. The van der Waals surface area contributed by atoms with Crippen molar-refractivity contribution >= 4 is 56.5 Å². The molecule has 5 nitrogen and oxygen atoms in total. The topological polar surface area (TPSA) is 59.0 Å². The summed E-state index contributed by atoms with van der Waals surface area (Å²) in [4.78, 5) is 12.7. The van der Waals surface area contributed by atoms with Crippen molar-refractivity contribution in [3.8, 4) is 22.4 Å². The van der Waals surface area contributed by atoms with Crippen molar-refractivity contribution in [2.45, 2.75) is 0 Å². The molecule has 0 radical (unpaired) electrons. The van der Waals surface area contributed by atoms with Gasteiger partial charge >= 0.3 is 6.03 Å². The maximum atomic E-state index is 13.4. The summed E-state index contributed by atoms with van der Waals surface area (Å²) in [5.41, 5.74) is 4.22. The minimum absolute atomic E-state index is 0.322. The number of carbonyl (C=O) groups is 1. The Kier molecular flexibility index (Phi) is 6.50. The van der Waals surface area contributed by atoms with Crippen molar-refractivity contribution in [1.82, 2.24) is 9.78 Å². The number of nitrogens with one attached hydrogen (secondary N) is 2. The SMILES string of the molecule is Cn1ncc(Br)c1-c1cc(NC(=O)Nc2ccc(Cl)cc2Cl)cc(-c2ccc(F)cc2)c1. The highest BCUT2D eigenvalue weighted by Gasteiger charge is 2.14. The van der Waals surface area contributed by atoms with Crippen LogP contribution in [0.3, 0.4) is 0 Å². The molecule has 4 rings (SSSR count). The minimum atomic E-state index is -0.472. The molecule has 0 spiro atoms. The maximum Gasteiger partial charge on any atom is 0.323 e. The third kappa shape index (κ3) is 4.96. The predicted octanol–water partition coefficient (Wildman–Crippen LogP) is 7.61. The van der Waals surface area contributed by atoms with E-state index < -0.39 is 6.03 Å². The van der Waals surface area contributed by atoms with Crippen molar-refractivity contribution in [1.29, 1.82) is 0 Å². The van der Waals surface area contributed by atoms with Crippen LogP contribution in [0.4, 0.5) is 20.6 Å². The minimum Gasteiger partial charge on any atom is -0.308 e. The summed E-state index contributed by atoms with van der Waals surface area (Å²) in [6, 6.07) is 16.1. The average Bonchev–Trinajstić information content (AvgIpc) is 3.08. The molecule has 1 aromatic heterocycles. The fourth-order valence-electron chi connectivity index (χ4n) is 3.26. The number of anilines is 2. The molecule has 4 aromatic rings. The van der Waals surface area contributed by atoms with E-state index in [4.69, 9.17) is 23.2 Å². The lowest BCUT2D eigenvalue weighted by Crippen LogP contribution is -2.19. The van der Waals surface area contributed by atoms with Crippen LogP contribution in [-0.2, 0) is 7.05 Å². The zero-order valence-corrected chi connectivity index (χ0v) is 19.8. The Morgan fingerprint density at radius 2 is 1.69 bits per heavy atom. The summed E-state index contributed by atoms with van der Waals surface area (Å²) in [6.07, 6.45) is 1.70. The van der Waals surface area contributed by atoms with Crippen LogP contribution in [0.2, 0.25) is 10.0 Å². The van der Waals surface area contributed by atoms with Crippen molar-refractivity contribution in [3.63, 3.8) is 0 Å². The van der Waals surface area contributed by atoms with E-state index in [-0.39, 0.29) is 5.82 Å². The Hall–Kier alpha value is -2.87. The Balaban J connectivity index is 1.70. The van der Waals surface area contributed by atoms with Crippen LogP contribution in [0.25, 0.3) is 22.4 Å². The first-order valence-corrected chi connectivity index (χ1v) is 11.0. The van der Waals surface area contributed by atoms with Gasteiger partial charge in [0.2, 0.25) is 0 Å². The normalized spacial score (nSPS) is 10.8. The smallest absolute Gasteiger partial charge is 0.308 e. The van der Waals surface area contributed by atoms with Gasteiger partial charge in [-0.2, -0.15) is 5.10 Å². The zero-order chi connectivity index (χ0) is 22.8. The molecule has 162 valence electrons. The fourth-order valence-corrected chi connectivity index (χ4v) is 4.29. The van der Waals surface area contributed by atoms with Gasteiger partial charge in [-0.3, -0.25) is 4.68 Å². The third-order valence-corrected chi connectivity index (χ3v) is 5.84. The molecule has 2 N–H and O–H groups in total. The third-order valence-electron chi connectivity index (χ3n) is 4.72. The number of nitrogens with zero attached hydrogens (tertiary/aromatic N) is 2. The molecule has 1 heterocycles.